The molecule has 0 rings (SSSR count). The number of ether oxygens (including phenoxy) is 2. The lowest BCUT2D eigenvalue weighted by Gasteiger charge is -2.38. The summed E-state index contributed by atoms with van der Waals surface area (Å²) < 4.78 is 90.2. The number of aliphatic imine (C=N–C) groups is 2. The van der Waals surface area contributed by atoms with Gasteiger partial charge in [0.2, 0.25) is 5.84 Å². The van der Waals surface area contributed by atoms with Crippen LogP contribution in [0.5, 0.6) is 0 Å². The van der Waals surface area contributed by atoms with Crippen LogP contribution in [-0.4, -0.2) is 83.9 Å². The lowest BCUT2D eigenvalue weighted by atomic mass is 10.2. The van der Waals surface area contributed by atoms with Crippen LogP contribution in [0.25, 0.3) is 0 Å². The van der Waals surface area contributed by atoms with Crippen molar-refractivity contribution in [1.29, 1.82) is 0 Å². The fourth-order valence-electron chi connectivity index (χ4n) is 2.39. The van der Waals surface area contributed by atoms with Gasteiger partial charge >= 0.3 is 24.5 Å². The smallest absolute Gasteiger partial charge is 0.443 e. The number of likely N-dealkylation sites (N-methyl/N-ethyl adjacent to an activating group) is 1. The van der Waals surface area contributed by atoms with Crippen molar-refractivity contribution in [3.8, 4) is 0 Å². The number of hydrogen-bond acceptors (Lipinski definition) is 6. The largest absolute Gasteiger partial charge is 0.449 e. The molecule has 0 heterocycles. The molecular formula is C20H30F6N4O4. The summed E-state index contributed by atoms with van der Waals surface area (Å²) >= 11 is 0. The van der Waals surface area contributed by atoms with Gasteiger partial charge in [0.1, 0.15) is 23.1 Å². The number of alkyl halides is 6. The average Bonchev–Trinajstić information content (AvgIpc) is 2.55. The number of rotatable bonds is 5. The lowest BCUT2D eigenvalue weighted by Crippen LogP contribution is -2.59. The number of carbonyl (C=O) groups excluding carboxylic acids is 2. The summed E-state index contributed by atoms with van der Waals surface area (Å²) in [5.74, 6) is -1.59. The van der Waals surface area contributed by atoms with Gasteiger partial charge in [0.05, 0.1) is 6.54 Å². The molecule has 0 aliphatic rings. The van der Waals surface area contributed by atoms with E-state index >= 15 is 0 Å². The van der Waals surface area contributed by atoms with Crippen LogP contribution in [-0.2, 0) is 9.47 Å². The summed E-state index contributed by atoms with van der Waals surface area (Å²) in [6, 6.07) is 0. The van der Waals surface area contributed by atoms with Crippen LogP contribution in [0.3, 0.4) is 0 Å². The molecule has 14 heteroatoms. The van der Waals surface area contributed by atoms with Gasteiger partial charge in [-0.3, -0.25) is 9.98 Å². The first-order valence-electron chi connectivity index (χ1n) is 9.81. The van der Waals surface area contributed by atoms with Crippen LogP contribution in [0.15, 0.2) is 22.6 Å². The Morgan fingerprint density at radius 1 is 0.912 bits per heavy atom. The van der Waals surface area contributed by atoms with E-state index in [0.717, 1.165) is 14.1 Å². The molecule has 0 aromatic heterocycles. The highest BCUT2D eigenvalue weighted by Crippen LogP contribution is 2.25. The van der Waals surface area contributed by atoms with Gasteiger partial charge in [-0.25, -0.2) is 9.59 Å². The first-order chi connectivity index (χ1) is 15.0. The fourth-order valence-corrected chi connectivity index (χ4v) is 2.39. The second-order valence-corrected chi connectivity index (χ2v) is 8.89. The summed E-state index contributed by atoms with van der Waals surface area (Å²) in [5, 5.41) is 0. The molecule has 0 N–H and O–H groups in total. The van der Waals surface area contributed by atoms with Crippen molar-refractivity contribution >= 4 is 23.7 Å². The zero-order valence-corrected chi connectivity index (χ0v) is 20.3. The molecule has 2 amide bonds. The second-order valence-electron chi connectivity index (χ2n) is 8.89. The van der Waals surface area contributed by atoms with Crippen LogP contribution in [0.1, 0.15) is 41.5 Å². The number of hydrogen-bond donors (Lipinski definition) is 0. The van der Waals surface area contributed by atoms with Gasteiger partial charge < -0.3 is 14.4 Å². The molecule has 0 aromatic carbocycles. The van der Waals surface area contributed by atoms with E-state index in [-0.39, 0.29) is 4.90 Å². The van der Waals surface area contributed by atoms with Crippen molar-refractivity contribution in [2.24, 2.45) is 9.98 Å². The molecule has 0 saturated heterocycles. The van der Waals surface area contributed by atoms with E-state index in [4.69, 9.17) is 9.47 Å². The third-order valence-electron chi connectivity index (χ3n) is 3.63. The van der Waals surface area contributed by atoms with Gasteiger partial charge in [-0.1, -0.05) is 6.58 Å². The quantitative estimate of drug-likeness (QED) is 0.223. The monoisotopic (exact) mass is 504 g/mol. The Kier molecular flexibility index (Phi) is 10.2. The Labute approximate surface area is 194 Å². The zero-order chi connectivity index (χ0) is 27.3. The molecule has 0 aromatic rings. The first-order valence-corrected chi connectivity index (χ1v) is 9.81. The Balaban J connectivity index is 6.84. The maximum atomic E-state index is 13.5. The lowest BCUT2D eigenvalue weighted by molar-refractivity contribution is -0.0750. The van der Waals surface area contributed by atoms with Crippen molar-refractivity contribution in [1.82, 2.24) is 9.80 Å². The molecule has 0 spiro atoms. The maximum absolute atomic E-state index is 13.5. The molecule has 0 saturated carbocycles. The minimum Gasteiger partial charge on any atom is -0.443 e. The number of nitrogens with zero attached hydrogens (tertiary/aromatic N) is 4. The van der Waals surface area contributed by atoms with Gasteiger partial charge in [0.25, 0.3) is 0 Å². The van der Waals surface area contributed by atoms with E-state index in [2.05, 4.69) is 16.6 Å². The number of imide groups is 1. The maximum Gasteiger partial charge on any atom is 0.449 e. The van der Waals surface area contributed by atoms with Crippen molar-refractivity contribution in [2.75, 3.05) is 20.6 Å². The third kappa shape index (κ3) is 10.00. The normalized spacial score (nSPS) is 14.9. The molecule has 1 unspecified atom stereocenters. The predicted octanol–water partition coefficient (Wildman–Crippen LogP) is 5.20. The number of carbonyl (C=O) groups is 2. The summed E-state index contributed by atoms with van der Waals surface area (Å²) in [5.41, 5.74) is -3.96. The van der Waals surface area contributed by atoms with Crippen LogP contribution in [0, 0.1) is 0 Å². The van der Waals surface area contributed by atoms with Gasteiger partial charge in [-0.2, -0.15) is 31.2 Å². The summed E-state index contributed by atoms with van der Waals surface area (Å²) in [6.45, 7) is 10.4. The number of amidine groups is 1. The molecule has 34 heavy (non-hydrogen) atoms. The highest BCUT2D eigenvalue weighted by molar-refractivity contribution is 5.99. The molecule has 8 nitrogen and oxygen atoms in total. The van der Waals surface area contributed by atoms with Crippen molar-refractivity contribution in [2.45, 2.75) is 71.3 Å². The Morgan fingerprint density at radius 3 is 1.59 bits per heavy atom. The van der Waals surface area contributed by atoms with Gasteiger partial charge in [-0.05, 0) is 47.6 Å². The SMILES string of the molecule is C=CC(=NCC(N(C)C(=NC)C(F)(F)F)N(C(=O)OC(C)(C)C)C(=O)OC(C)(C)C)C(F)(F)F. The van der Waals surface area contributed by atoms with E-state index in [9.17, 15) is 35.9 Å². The molecule has 0 aliphatic carbocycles. The average molecular weight is 504 g/mol. The summed E-state index contributed by atoms with van der Waals surface area (Å²) in [7, 11) is 1.58. The van der Waals surface area contributed by atoms with Gasteiger partial charge in [-0.15, -0.1) is 0 Å². The number of amides is 2. The Hall–Kier alpha value is -2.80. The highest BCUT2D eigenvalue weighted by Gasteiger charge is 2.46. The van der Waals surface area contributed by atoms with Gasteiger partial charge in [0, 0.05) is 14.1 Å². The summed E-state index contributed by atoms with van der Waals surface area (Å²) in [4.78, 5) is 32.6. The Bertz CT molecular complexity index is 780. The van der Waals surface area contributed by atoms with E-state index in [1.807, 2.05) is 0 Å². The third-order valence-corrected chi connectivity index (χ3v) is 3.63. The van der Waals surface area contributed by atoms with Crippen LogP contribution in [0.2, 0.25) is 0 Å². The molecule has 0 aliphatic heterocycles. The fraction of sp³-hybridized carbons (Fsp3) is 0.700. The van der Waals surface area contributed by atoms with Crippen molar-refractivity contribution in [3.05, 3.63) is 12.7 Å². The second kappa shape index (κ2) is 11.1. The first kappa shape index (κ1) is 31.2. The zero-order valence-electron chi connectivity index (χ0n) is 20.3. The molecule has 1 atom stereocenters. The highest BCUT2D eigenvalue weighted by atomic mass is 19.4. The molecule has 0 bridgehead atoms. The van der Waals surface area contributed by atoms with E-state index in [1.54, 1.807) is 0 Å². The molecule has 0 radical (unpaired) electrons. The van der Waals surface area contributed by atoms with E-state index < -0.39 is 60.0 Å². The van der Waals surface area contributed by atoms with Crippen molar-refractivity contribution in [3.63, 3.8) is 0 Å². The number of allylic oxidation sites excluding steroid dienone is 1. The molecular weight excluding hydrogens is 474 g/mol. The Morgan fingerprint density at radius 2 is 1.32 bits per heavy atom. The van der Waals surface area contributed by atoms with Crippen LogP contribution in [0.4, 0.5) is 35.9 Å². The minimum absolute atomic E-state index is 0.133. The summed E-state index contributed by atoms with van der Waals surface area (Å²) in [6.07, 6.45) is -14.7. The van der Waals surface area contributed by atoms with Crippen molar-refractivity contribution < 1.29 is 45.4 Å². The van der Waals surface area contributed by atoms with Crippen LogP contribution >= 0.6 is 0 Å². The topological polar surface area (TPSA) is 83.8 Å². The predicted molar refractivity (Wildman–Crippen MR) is 114 cm³/mol. The standard InChI is InChI=1S/C20H30F6N4O4/c1-10-12(19(21,22)23)28-11-13(29(9)14(27-8)20(24,25)26)30(15(31)33-17(2,3)4)16(32)34-18(5,6)7/h10,13H,1,11H2,2-9H3. The molecule has 196 valence electrons. The van der Waals surface area contributed by atoms with Gasteiger partial charge in [0.15, 0.2) is 0 Å². The van der Waals surface area contributed by atoms with Crippen LogP contribution < -0.4 is 0 Å². The van der Waals surface area contributed by atoms with E-state index in [0.29, 0.717) is 11.0 Å². The number of halogens is 6. The molecule has 0 fully saturated rings. The minimum atomic E-state index is -5.08. The van der Waals surface area contributed by atoms with E-state index in [1.165, 1.54) is 41.5 Å².